The molecular weight excluding hydrogens is 380 g/mol. The van der Waals surface area contributed by atoms with Gasteiger partial charge in [0.05, 0.1) is 0 Å². The number of benzene rings is 2. The van der Waals surface area contributed by atoms with E-state index in [0.29, 0.717) is 37.6 Å². The van der Waals surface area contributed by atoms with Gasteiger partial charge in [0.1, 0.15) is 11.5 Å². The SMILES string of the molecule is CC(Oc1ccccc1C(C)C)C(=O)N1CCC(NC(=O)Oc2ccccc2)CC1. The van der Waals surface area contributed by atoms with Crippen LogP contribution in [0.25, 0.3) is 0 Å². The number of nitrogens with one attached hydrogen (secondary N) is 1. The number of carbonyl (C=O) groups excluding carboxylic acids is 2. The zero-order valence-corrected chi connectivity index (χ0v) is 17.8. The number of carbonyl (C=O) groups is 2. The second-order valence-electron chi connectivity index (χ2n) is 7.90. The van der Waals surface area contributed by atoms with E-state index < -0.39 is 12.2 Å². The van der Waals surface area contributed by atoms with Crippen LogP contribution in [0.15, 0.2) is 54.6 Å². The fourth-order valence-corrected chi connectivity index (χ4v) is 3.60. The van der Waals surface area contributed by atoms with E-state index in [1.165, 1.54) is 0 Å². The molecule has 2 aromatic carbocycles. The Morgan fingerprint density at radius 3 is 2.27 bits per heavy atom. The highest BCUT2D eigenvalue weighted by Crippen LogP contribution is 2.27. The van der Waals surface area contributed by atoms with Crippen molar-refractivity contribution in [3.05, 3.63) is 60.2 Å². The number of hydrogen-bond acceptors (Lipinski definition) is 4. The molecule has 1 N–H and O–H groups in total. The van der Waals surface area contributed by atoms with Crippen molar-refractivity contribution in [3.8, 4) is 11.5 Å². The zero-order valence-electron chi connectivity index (χ0n) is 17.8. The molecule has 1 aliphatic heterocycles. The third-order valence-electron chi connectivity index (χ3n) is 5.27. The Morgan fingerprint density at radius 1 is 0.967 bits per heavy atom. The van der Waals surface area contributed by atoms with Crippen molar-refractivity contribution in [3.63, 3.8) is 0 Å². The second kappa shape index (κ2) is 10.1. The van der Waals surface area contributed by atoms with Gasteiger partial charge >= 0.3 is 6.09 Å². The van der Waals surface area contributed by atoms with Gasteiger partial charge < -0.3 is 19.7 Å². The van der Waals surface area contributed by atoms with Crippen LogP contribution in [-0.4, -0.2) is 42.1 Å². The van der Waals surface area contributed by atoms with Crippen LogP contribution in [-0.2, 0) is 4.79 Å². The maximum absolute atomic E-state index is 12.8. The molecule has 6 nitrogen and oxygen atoms in total. The van der Waals surface area contributed by atoms with E-state index >= 15 is 0 Å². The standard InChI is InChI=1S/C24H30N2O4/c1-17(2)21-11-7-8-12-22(21)29-18(3)23(27)26-15-13-19(14-16-26)25-24(28)30-20-9-5-4-6-10-20/h4-12,17-19H,13-16H2,1-3H3,(H,25,28). The Morgan fingerprint density at radius 2 is 1.60 bits per heavy atom. The third-order valence-corrected chi connectivity index (χ3v) is 5.27. The summed E-state index contributed by atoms with van der Waals surface area (Å²) >= 11 is 0. The summed E-state index contributed by atoms with van der Waals surface area (Å²) in [5, 5.41) is 2.89. The van der Waals surface area contributed by atoms with Crippen molar-refractivity contribution < 1.29 is 19.1 Å². The average molecular weight is 411 g/mol. The number of rotatable bonds is 6. The number of nitrogens with zero attached hydrogens (tertiary/aromatic N) is 1. The lowest BCUT2D eigenvalue weighted by molar-refractivity contribution is -0.139. The maximum atomic E-state index is 12.8. The Kier molecular flexibility index (Phi) is 7.33. The van der Waals surface area contributed by atoms with Gasteiger partial charge in [0.25, 0.3) is 5.91 Å². The molecule has 2 aromatic rings. The minimum atomic E-state index is -0.558. The molecule has 1 heterocycles. The number of likely N-dealkylation sites (tertiary alicyclic amines) is 1. The molecule has 1 fully saturated rings. The molecule has 0 radical (unpaired) electrons. The molecule has 0 aliphatic carbocycles. The summed E-state index contributed by atoms with van der Waals surface area (Å²) in [6.45, 7) is 7.16. The van der Waals surface area contributed by atoms with E-state index in [-0.39, 0.29) is 11.9 Å². The van der Waals surface area contributed by atoms with Gasteiger partial charge in [-0.05, 0) is 49.4 Å². The normalized spacial score (nSPS) is 15.5. The lowest BCUT2D eigenvalue weighted by Crippen LogP contribution is -2.50. The van der Waals surface area contributed by atoms with Gasteiger partial charge in [-0.15, -0.1) is 0 Å². The van der Waals surface area contributed by atoms with E-state index in [1.54, 1.807) is 19.1 Å². The lowest BCUT2D eigenvalue weighted by Gasteiger charge is -2.33. The molecule has 30 heavy (non-hydrogen) atoms. The van der Waals surface area contributed by atoms with E-state index in [1.807, 2.05) is 47.4 Å². The molecule has 6 heteroatoms. The van der Waals surface area contributed by atoms with Crippen molar-refractivity contribution in [2.45, 2.75) is 51.7 Å². The highest BCUT2D eigenvalue weighted by atomic mass is 16.6. The second-order valence-corrected chi connectivity index (χ2v) is 7.90. The summed E-state index contributed by atoms with van der Waals surface area (Å²) < 4.78 is 11.3. The number of para-hydroxylation sites is 2. The summed E-state index contributed by atoms with van der Waals surface area (Å²) in [6.07, 6.45) is 0.348. The van der Waals surface area contributed by atoms with E-state index in [0.717, 1.165) is 11.3 Å². The van der Waals surface area contributed by atoms with Crippen molar-refractivity contribution in [1.29, 1.82) is 0 Å². The first kappa shape index (κ1) is 21.7. The summed E-state index contributed by atoms with van der Waals surface area (Å²) in [5.74, 6) is 1.56. The van der Waals surface area contributed by atoms with Crippen LogP contribution >= 0.6 is 0 Å². The van der Waals surface area contributed by atoms with Gasteiger partial charge in [0, 0.05) is 19.1 Å². The molecule has 2 amide bonds. The van der Waals surface area contributed by atoms with Crippen LogP contribution in [0.1, 0.15) is 45.1 Å². The van der Waals surface area contributed by atoms with E-state index in [2.05, 4.69) is 19.2 Å². The quantitative estimate of drug-likeness (QED) is 0.768. The minimum absolute atomic E-state index is 0.0110. The predicted octanol–water partition coefficient (Wildman–Crippen LogP) is 4.36. The molecule has 1 unspecified atom stereocenters. The Labute approximate surface area is 178 Å². The van der Waals surface area contributed by atoms with Gasteiger partial charge in [0.2, 0.25) is 0 Å². The van der Waals surface area contributed by atoms with Crippen LogP contribution in [0.2, 0.25) is 0 Å². The number of hydrogen-bond donors (Lipinski definition) is 1. The fourth-order valence-electron chi connectivity index (χ4n) is 3.60. The van der Waals surface area contributed by atoms with Gasteiger partial charge in [-0.2, -0.15) is 0 Å². The van der Waals surface area contributed by atoms with Crippen molar-refractivity contribution in [1.82, 2.24) is 10.2 Å². The topological polar surface area (TPSA) is 67.9 Å². The number of piperidine rings is 1. The molecule has 1 saturated heterocycles. The molecule has 0 aromatic heterocycles. The van der Waals surface area contributed by atoms with Gasteiger partial charge in [-0.3, -0.25) is 4.79 Å². The summed E-state index contributed by atoms with van der Waals surface area (Å²) in [6, 6.07) is 16.8. The molecule has 3 rings (SSSR count). The summed E-state index contributed by atoms with van der Waals surface area (Å²) in [5.41, 5.74) is 1.09. The molecule has 1 aliphatic rings. The maximum Gasteiger partial charge on any atom is 0.412 e. The van der Waals surface area contributed by atoms with Crippen LogP contribution in [0.5, 0.6) is 11.5 Å². The molecule has 0 bridgehead atoms. The average Bonchev–Trinajstić information content (AvgIpc) is 2.74. The molecular formula is C24H30N2O4. The first-order chi connectivity index (χ1) is 14.4. The van der Waals surface area contributed by atoms with Gasteiger partial charge in [-0.25, -0.2) is 4.79 Å². The molecule has 0 spiro atoms. The molecule has 1 atom stereocenters. The number of amides is 2. The first-order valence-corrected chi connectivity index (χ1v) is 10.5. The lowest BCUT2D eigenvalue weighted by atomic mass is 10.0. The largest absolute Gasteiger partial charge is 0.481 e. The molecule has 160 valence electrons. The van der Waals surface area contributed by atoms with Crippen molar-refractivity contribution in [2.24, 2.45) is 0 Å². The Bertz CT molecular complexity index is 845. The monoisotopic (exact) mass is 410 g/mol. The van der Waals surface area contributed by atoms with Crippen molar-refractivity contribution in [2.75, 3.05) is 13.1 Å². The highest BCUT2D eigenvalue weighted by molar-refractivity contribution is 5.81. The van der Waals surface area contributed by atoms with Crippen LogP contribution in [0.3, 0.4) is 0 Å². The van der Waals surface area contributed by atoms with Crippen LogP contribution in [0.4, 0.5) is 4.79 Å². The predicted molar refractivity (Wildman–Crippen MR) is 116 cm³/mol. The Hall–Kier alpha value is -3.02. The summed E-state index contributed by atoms with van der Waals surface area (Å²) in [4.78, 5) is 26.7. The van der Waals surface area contributed by atoms with Gasteiger partial charge in [0.15, 0.2) is 6.10 Å². The smallest absolute Gasteiger partial charge is 0.412 e. The number of ether oxygens (including phenoxy) is 2. The van der Waals surface area contributed by atoms with Crippen LogP contribution < -0.4 is 14.8 Å². The van der Waals surface area contributed by atoms with Crippen molar-refractivity contribution >= 4 is 12.0 Å². The van der Waals surface area contributed by atoms with E-state index in [9.17, 15) is 9.59 Å². The Balaban J connectivity index is 1.47. The fraction of sp³-hybridized carbons (Fsp3) is 0.417. The van der Waals surface area contributed by atoms with E-state index in [4.69, 9.17) is 9.47 Å². The molecule has 0 saturated carbocycles. The highest BCUT2D eigenvalue weighted by Gasteiger charge is 2.28. The minimum Gasteiger partial charge on any atom is -0.481 e. The first-order valence-electron chi connectivity index (χ1n) is 10.5. The third kappa shape index (κ3) is 5.75. The van der Waals surface area contributed by atoms with Crippen LogP contribution in [0, 0.1) is 0 Å². The van der Waals surface area contributed by atoms with Gasteiger partial charge in [-0.1, -0.05) is 50.2 Å². The zero-order chi connectivity index (χ0) is 21.5. The summed E-state index contributed by atoms with van der Waals surface area (Å²) in [7, 11) is 0.